The van der Waals surface area contributed by atoms with Crippen LogP contribution in [-0.4, -0.2) is 27.9 Å². The van der Waals surface area contributed by atoms with Gasteiger partial charge in [-0.3, -0.25) is 9.10 Å². The van der Waals surface area contributed by atoms with Gasteiger partial charge < -0.3 is 5.32 Å². The van der Waals surface area contributed by atoms with E-state index >= 15 is 0 Å². The maximum absolute atomic E-state index is 12.8. The number of benzene rings is 2. The van der Waals surface area contributed by atoms with Crippen LogP contribution in [0.2, 0.25) is 0 Å². The molecule has 5 nitrogen and oxygen atoms in total. The average molecular weight is 375 g/mol. The van der Waals surface area contributed by atoms with Gasteiger partial charge in [0.05, 0.1) is 10.6 Å². The molecule has 0 saturated carbocycles. The number of amides is 1. The number of nitrogens with one attached hydrogen (secondary N) is 1. The molecule has 1 N–H and O–H groups in total. The number of anilines is 1. The first-order valence-electron chi connectivity index (χ1n) is 8.57. The molecule has 0 aliphatic carbocycles. The molecular formula is C20H26N2O3S. The molecule has 2 rings (SSSR count). The number of rotatable bonds is 6. The van der Waals surface area contributed by atoms with E-state index in [-0.39, 0.29) is 10.8 Å². The number of carbonyl (C=O) groups is 1. The maximum Gasteiger partial charge on any atom is 0.264 e. The van der Waals surface area contributed by atoms with Crippen LogP contribution in [0.25, 0.3) is 0 Å². The zero-order chi connectivity index (χ0) is 19.5. The molecule has 0 fully saturated rings. The first-order chi connectivity index (χ1) is 12.1. The van der Waals surface area contributed by atoms with Crippen molar-refractivity contribution in [2.24, 2.45) is 5.92 Å². The van der Waals surface area contributed by atoms with Crippen LogP contribution in [0, 0.1) is 19.8 Å². The van der Waals surface area contributed by atoms with E-state index in [9.17, 15) is 13.2 Å². The summed E-state index contributed by atoms with van der Waals surface area (Å²) in [6.45, 7) is 8.36. The fraction of sp³-hybridized carbons (Fsp3) is 0.350. The second-order valence-electron chi connectivity index (χ2n) is 6.89. The third kappa shape index (κ3) is 4.43. The molecule has 1 amide bonds. The van der Waals surface area contributed by atoms with Crippen molar-refractivity contribution in [1.82, 2.24) is 5.32 Å². The minimum atomic E-state index is -3.65. The normalized spacial score (nSPS) is 11.5. The van der Waals surface area contributed by atoms with Gasteiger partial charge >= 0.3 is 0 Å². The van der Waals surface area contributed by atoms with E-state index in [1.807, 2.05) is 20.8 Å². The summed E-state index contributed by atoms with van der Waals surface area (Å²) in [6, 6.07) is 11.8. The van der Waals surface area contributed by atoms with Gasteiger partial charge in [0.25, 0.3) is 15.9 Å². The van der Waals surface area contributed by atoms with Gasteiger partial charge in [0, 0.05) is 19.2 Å². The Morgan fingerprint density at radius 1 is 1.08 bits per heavy atom. The van der Waals surface area contributed by atoms with Crippen molar-refractivity contribution < 1.29 is 13.2 Å². The lowest BCUT2D eigenvalue weighted by Gasteiger charge is -2.22. The molecule has 0 saturated heterocycles. The molecule has 2 aromatic carbocycles. The SMILES string of the molecule is Cc1ccc(S(=O)(=O)N(C)c2ccc(C(=O)NCC(C)C)cc2C)cc1. The number of sulfonamides is 1. The van der Waals surface area contributed by atoms with Crippen LogP contribution < -0.4 is 9.62 Å². The van der Waals surface area contributed by atoms with E-state index in [2.05, 4.69) is 5.32 Å². The second-order valence-corrected chi connectivity index (χ2v) is 8.86. The lowest BCUT2D eigenvalue weighted by molar-refractivity contribution is 0.0949. The third-order valence-corrected chi connectivity index (χ3v) is 5.93. The summed E-state index contributed by atoms with van der Waals surface area (Å²) < 4.78 is 26.9. The zero-order valence-corrected chi connectivity index (χ0v) is 16.7. The topological polar surface area (TPSA) is 66.5 Å². The second kappa shape index (κ2) is 7.91. The quantitative estimate of drug-likeness (QED) is 0.841. The third-order valence-electron chi connectivity index (χ3n) is 4.15. The molecule has 0 bridgehead atoms. The van der Waals surface area contributed by atoms with Crippen LogP contribution in [0.4, 0.5) is 5.69 Å². The Balaban J connectivity index is 2.28. The van der Waals surface area contributed by atoms with Gasteiger partial charge in [0.1, 0.15) is 0 Å². The molecule has 0 radical (unpaired) electrons. The van der Waals surface area contributed by atoms with Gasteiger partial charge in [-0.05, 0) is 55.7 Å². The van der Waals surface area contributed by atoms with Crippen molar-refractivity contribution in [3.8, 4) is 0 Å². The van der Waals surface area contributed by atoms with Gasteiger partial charge in [-0.25, -0.2) is 8.42 Å². The summed E-state index contributed by atoms with van der Waals surface area (Å²) in [5, 5.41) is 2.86. The van der Waals surface area contributed by atoms with E-state index in [0.717, 1.165) is 11.1 Å². The van der Waals surface area contributed by atoms with Crippen LogP contribution >= 0.6 is 0 Å². The zero-order valence-electron chi connectivity index (χ0n) is 15.9. The van der Waals surface area contributed by atoms with Gasteiger partial charge in [0.15, 0.2) is 0 Å². The summed E-state index contributed by atoms with van der Waals surface area (Å²) in [5.74, 6) is 0.211. The van der Waals surface area contributed by atoms with Crippen LogP contribution in [0.1, 0.15) is 35.3 Å². The predicted octanol–water partition coefficient (Wildman–Crippen LogP) is 3.51. The van der Waals surface area contributed by atoms with E-state index in [1.165, 1.54) is 11.4 Å². The largest absolute Gasteiger partial charge is 0.352 e. The maximum atomic E-state index is 12.8. The Hall–Kier alpha value is -2.34. The van der Waals surface area contributed by atoms with Gasteiger partial charge in [-0.2, -0.15) is 0 Å². The number of aryl methyl sites for hydroxylation is 2. The molecule has 140 valence electrons. The molecule has 26 heavy (non-hydrogen) atoms. The average Bonchev–Trinajstić information content (AvgIpc) is 2.59. The predicted molar refractivity (Wildman–Crippen MR) is 105 cm³/mol. The minimum Gasteiger partial charge on any atom is -0.352 e. The molecule has 0 heterocycles. The highest BCUT2D eigenvalue weighted by molar-refractivity contribution is 7.92. The first-order valence-corrected chi connectivity index (χ1v) is 10.0. The van der Waals surface area contributed by atoms with Crippen LogP contribution in [0.15, 0.2) is 47.4 Å². The van der Waals surface area contributed by atoms with Crippen molar-refractivity contribution in [2.45, 2.75) is 32.6 Å². The van der Waals surface area contributed by atoms with Crippen molar-refractivity contribution >= 4 is 21.6 Å². The van der Waals surface area contributed by atoms with Gasteiger partial charge in [-0.1, -0.05) is 31.5 Å². The molecular weight excluding hydrogens is 348 g/mol. The molecule has 6 heteroatoms. The van der Waals surface area contributed by atoms with E-state index < -0.39 is 10.0 Å². The highest BCUT2D eigenvalue weighted by Gasteiger charge is 2.22. The highest BCUT2D eigenvalue weighted by atomic mass is 32.2. The standard InChI is InChI=1S/C20H26N2O3S/c1-14(2)13-21-20(23)17-8-11-19(16(4)12-17)22(5)26(24,25)18-9-6-15(3)7-10-18/h6-12,14H,13H2,1-5H3,(H,21,23). The van der Waals surface area contributed by atoms with Crippen LogP contribution in [0.5, 0.6) is 0 Å². The number of carbonyl (C=O) groups excluding carboxylic acids is 1. The van der Waals surface area contributed by atoms with Gasteiger partial charge in [0.2, 0.25) is 0 Å². The fourth-order valence-corrected chi connectivity index (χ4v) is 3.81. The lowest BCUT2D eigenvalue weighted by Crippen LogP contribution is -2.29. The first kappa shape index (κ1) is 20.0. The summed E-state index contributed by atoms with van der Waals surface area (Å²) in [4.78, 5) is 12.4. The van der Waals surface area contributed by atoms with E-state index in [4.69, 9.17) is 0 Å². The van der Waals surface area contributed by atoms with Gasteiger partial charge in [-0.15, -0.1) is 0 Å². The Morgan fingerprint density at radius 2 is 1.69 bits per heavy atom. The molecule has 0 spiro atoms. The van der Waals surface area contributed by atoms with Crippen LogP contribution in [-0.2, 0) is 10.0 Å². The van der Waals surface area contributed by atoms with Crippen molar-refractivity contribution in [3.05, 3.63) is 59.2 Å². The number of hydrogen-bond donors (Lipinski definition) is 1. The van der Waals surface area contributed by atoms with Crippen molar-refractivity contribution in [2.75, 3.05) is 17.9 Å². The highest BCUT2D eigenvalue weighted by Crippen LogP contribution is 2.26. The van der Waals surface area contributed by atoms with Crippen molar-refractivity contribution in [1.29, 1.82) is 0 Å². The Morgan fingerprint density at radius 3 is 2.23 bits per heavy atom. The summed E-state index contributed by atoms with van der Waals surface area (Å²) in [7, 11) is -2.13. The summed E-state index contributed by atoms with van der Waals surface area (Å²) in [5.41, 5.74) is 2.79. The molecule has 0 aliphatic rings. The smallest absolute Gasteiger partial charge is 0.264 e. The molecule has 2 aromatic rings. The lowest BCUT2D eigenvalue weighted by atomic mass is 10.1. The summed E-state index contributed by atoms with van der Waals surface area (Å²) >= 11 is 0. The molecule has 0 aromatic heterocycles. The fourth-order valence-electron chi connectivity index (χ4n) is 2.55. The monoisotopic (exact) mass is 374 g/mol. The molecule has 0 atom stereocenters. The van der Waals surface area contributed by atoms with E-state index in [1.54, 1.807) is 49.4 Å². The minimum absolute atomic E-state index is 0.155. The van der Waals surface area contributed by atoms with E-state index in [0.29, 0.717) is 23.7 Å². The molecule has 0 aliphatic heterocycles. The Bertz CT molecular complexity index is 888. The molecule has 0 unspecified atom stereocenters. The Kier molecular flexibility index (Phi) is 6.08. The number of hydrogen-bond acceptors (Lipinski definition) is 3. The van der Waals surface area contributed by atoms with Crippen LogP contribution in [0.3, 0.4) is 0 Å². The summed E-state index contributed by atoms with van der Waals surface area (Å²) in [6.07, 6.45) is 0. The Labute approximate surface area is 156 Å². The number of nitrogens with zero attached hydrogens (tertiary/aromatic N) is 1. The van der Waals surface area contributed by atoms with Crippen molar-refractivity contribution in [3.63, 3.8) is 0 Å².